The van der Waals surface area contributed by atoms with Crippen LogP contribution in [0.4, 0.5) is 0 Å². The van der Waals surface area contributed by atoms with Crippen LogP contribution in [0.1, 0.15) is 42.6 Å². The molecule has 0 bridgehead atoms. The maximum atomic E-state index is 10.9. The Bertz CT molecular complexity index is 976. The molecule has 0 amide bonds. The van der Waals surface area contributed by atoms with Crippen molar-refractivity contribution in [1.29, 1.82) is 0 Å². The molecule has 1 fully saturated rings. The molecule has 0 saturated carbocycles. The van der Waals surface area contributed by atoms with E-state index in [2.05, 4.69) is 28.8 Å². The van der Waals surface area contributed by atoms with Crippen LogP contribution in [0, 0.1) is 18.8 Å². The van der Waals surface area contributed by atoms with Crippen LogP contribution in [0.25, 0.3) is 4.96 Å². The molecule has 3 heterocycles. The third-order valence-corrected chi connectivity index (χ3v) is 6.89. The van der Waals surface area contributed by atoms with Gasteiger partial charge in [0.2, 0.25) is 10.8 Å². The van der Waals surface area contributed by atoms with Crippen LogP contribution in [0.2, 0.25) is 10.0 Å². The van der Waals surface area contributed by atoms with Gasteiger partial charge in [-0.1, -0.05) is 54.5 Å². The fraction of sp³-hybridized carbons (Fsp3) is 0.474. The van der Waals surface area contributed by atoms with Crippen LogP contribution in [0.15, 0.2) is 18.2 Å². The number of fused-ring (bicyclic) bond motifs is 1. The van der Waals surface area contributed by atoms with Crippen molar-refractivity contribution in [2.24, 2.45) is 11.8 Å². The summed E-state index contributed by atoms with van der Waals surface area (Å²) in [5.41, 5.74) is 1.02. The molecule has 1 aromatic carbocycles. The number of likely N-dealkylation sites (tertiary alicyclic amines) is 1. The van der Waals surface area contributed by atoms with Crippen LogP contribution in [0.3, 0.4) is 0 Å². The second-order valence-electron chi connectivity index (χ2n) is 7.62. The van der Waals surface area contributed by atoms with Crippen molar-refractivity contribution < 1.29 is 5.11 Å². The van der Waals surface area contributed by atoms with Gasteiger partial charge in [0.05, 0.1) is 21.0 Å². The van der Waals surface area contributed by atoms with Gasteiger partial charge in [-0.15, -0.1) is 5.10 Å². The lowest BCUT2D eigenvalue weighted by atomic mass is 9.89. The van der Waals surface area contributed by atoms with Gasteiger partial charge < -0.3 is 5.11 Å². The molecule has 0 aliphatic carbocycles. The number of hydrogen-bond acceptors (Lipinski definition) is 5. The Morgan fingerprint density at radius 3 is 2.52 bits per heavy atom. The molecule has 0 unspecified atom stereocenters. The predicted molar refractivity (Wildman–Crippen MR) is 110 cm³/mol. The van der Waals surface area contributed by atoms with Gasteiger partial charge in [0, 0.05) is 13.1 Å². The number of piperidine rings is 1. The average Bonchev–Trinajstić information content (AvgIpc) is 3.08. The summed E-state index contributed by atoms with van der Waals surface area (Å²) in [6.07, 6.45) is 1.21. The third-order valence-electron chi connectivity index (χ3n) is 5.08. The van der Waals surface area contributed by atoms with E-state index in [0.29, 0.717) is 32.7 Å². The fourth-order valence-electron chi connectivity index (χ4n) is 4.16. The number of rotatable bonds is 3. The van der Waals surface area contributed by atoms with Crippen molar-refractivity contribution >= 4 is 39.5 Å². The number of hydrogen-bond donors (Lipinski definition) is 1. The Balaban J connectivity index is 1.85. The zero-order chi connectivity index (χ0) is 19.3. The molecule has 3 aromatic rings. The molecule has 144 valence electrons. The molecule has 4 rings (SSSR count). The van der Waals surface area contributed by atoms with E-state index in [1.54, 1.807) is 0 Å². The van der Waals surface area contributed by atoms with E-state index in [0.717, 1.165) is 23.5 Å². The summed E-state index contributed by atoms with van der Waals surface area (Å²) in [7, 11) is 0. The smallest absolute Gasteiger partial charge is 0.230 e. The second kappa shape index (κ2) is 7.24. The summed E-state index contributed by atoms with van der Waals surface area (Å²) in [6, 6.07) is 5.60. The minimum absolute atomic E-state index is 0.112. The van der Waals surface area contributed by atoms with Crippen molar-refractivity contribution in [3.63, 3.8) is 0 Å². The summed E-state index contributed by atoms with van der Waals surface area (Å²) in [4.78, 5) is 8.38. The lowest BCUT2D eigenvalue weighted by molar-refractivity contribution is 0.112. The van der Waals surface area contributed by atoms with Gasteiger partial charge in [-0.25, -0.2) is 4.98 Å². The first-order valence-corrected chi connectivity index (χ1v) is 10.6. The number of aryl methyl sites for hydroxylation is 1. The SMILES string of the molecule is Cc1nc2sc([C@H](c3ccc(Cl)c(Cl)c3)N3C[C@H](C)C[C@@H](C)C3)c(O)n2n1. The zero-order valence-electron chi connectivity index (χ0n) is 15.5. The topological polar surface area (TPSA) is 53.7 Å². The molecular formula is C19H22Cl2N4OS. The molecule has 1 saturated heterocycles. The zero-order valence-corrected chi connectivity index (χ0v) is 17.8. The predicted octanol–water partition coefficient (Wildman–Crippen LogP) is 5.18. The highest BCUT2D eigenvalue weighted by Gasteiger charge is 2.33. The molecule has 1 aliphatic rings. The molecule has 1 aliphatic heterocycles. The van der Waals surface area contributed by atoms with Gasteiger partial charge in [-0.3, -0.25) is 4.90 Å². The van der Waals surface area contributed by atoms with Gasteiger partial charge in [0.25, 0.3) is 0 Å². The molecule has 8 heteroatoms. The van der Waals surface area contributed by atoms with E-state index in [-0.39, 0.29) is 11.9 Å². The third kappa shape index (κ3) is 3.56. The number of nitrogens with zero attached hydrogens (tertiary/aromatic N) is 4. The van der Waals surface area contributed by atoms with Crippen molar-refractivity contribution in [3.05, 3.63) is 44.5 Å². The maximum Gasteiger partial charge on any atom is 0.230 e. The highest BCUT2D eigenvalue weighted by molar-refractivity contribution is 7.17. The molecular weight excluding hydrogens is 403 g/mol. The normalized spacial score (nSPS) is 22.4. The first-order valence-electron chi connectivity index (χ1n) is 9.07. The Kier molecular flexibility index (Phi) is 5.10. The molecule has 0 radical (unpaired) electrons. The molecule has 3 atom stereocenters. The quantitative estimate of drug-likeness (QED) is 0.629. The van der Waals surface area contributed by atoms with E-state index in [1.807, 2.05) is 25.1 Å². The summed E-state index contributed by atoms with van der Waals surface area (Å²) < 4.78 is 1.52. The first-order chi connectivity index (χ1) is 12.8. The van der Waals surface area contributed by atoms with Crippen LogP contribution < -0.4 is 0 Å². The largest absolute Gasteiger partial charge is 0.492 e. The maximum absolute atomic E-state index is 10.9. The molecule has 5 nitrogen and oxygen atoms in total. The Labute approximate surface area is 172 Å². The van der Waals surface area contributed by atoms with Gasteiger partial charge in [0.15, 0.2) is 0 Å². The molecule has 27 heavy (non-hydrogen) atoms. The Hall–Kier alpha value is -1.34. The molecule has 0 spiro atoms. The van der Waals surface area contributed by atoms with Gasteiger partial charge in [0.1, 0.15) is 5.82 Å². The van der Waals surface area contributed by atoms with E-state index in [9.17, 15) is 5.11 Å². The minimum atomic E-state index is -0.112. The summed E-state index contributed by atoms with van der Waals surface area (Å²) in [5, 5.41) is 16.3. The van der Waals surface area contributed by atoms with Crippen LogP contribution in [-0.4, -0.2) is 37.7 Å². The van der Waals surface area contributed by atoms with E-state index < -0.39 is 0 Å². The average molecular weight is 425 g/mol. The molecule has 1 N–H and O–H groups in total. The fourth-order valence-corrected chi connectivity index (χ4v) is 5.63. The van der Waals surface area contributed by atoms with Crippen LogP contribution in [-0.2, 0) is 0 Å². The monoisotopic (exact) mass is 424 g/mol. The number of halogens is 2. The highest BCUT2D eigenvalue weighted by atomic mass is 35.5. The number of thiazole rings is 1. The van der Waals surface area contributed by atoms with Gasteiger partial charge >= 0.3 is 0 Å². The summed E-state index contributed by atoms with van der Waals surface area (Å²) >= 11 is 13.9. The second-order valence-corrected chi connectivity index (χ2v) is 9.44. The number of aromatic hydroxyl groups is 1. The Morgan fingerprint density at radius 2 is 1.89 bits per heavy atom. The summed E-state index contributed by atoms with van der Waals surface area (Å²) in [5.74, 6) is 1.98. The number of aromatic nitrogens is 3. The van der Waals surface area contributed by atoms with Gasteiger partial charge in [-0.05, 0) is 42.9 Å². The number of benzene rings is 1. The lowest BCUT2D eigenvalue weighted by Gasteiger charge is -2.40. The van der Waals surface area contributed by atoms with Crippen molar-refractivity contribution in [1.82, 2.24) is 19.5 Å². The lowest BCUT2D eigenvalue weighted by Crippen LogP contribution is -2.41. The van der Waals surface area contributed by atoms with Gasteiger partial charge in [-0.2, -0.15) is 4.52 Å². The summed E-state index contributed by atoms with van der Waals surface area (Å²) in [6.45, 7) is 8.30. The minimum Gasteiger partial charge on any atom is -0.492 e. The van der Waals surface area contributed by atoms with Crippen LogP contribution in [0.5, 0.6) is 5.88 Å². The first kappa shape index (κ1) is 19.0. The van der Waals surface area contributed by atoms with E-state index in [1.165, 1.54) is 22.3 Å². The standard InChI is InChI=1S/C19H22Cl2N4OS/c1-10-6-11(2)9-24(8-10)16(13-4-5-14(20)15(21)7-13)17-18(26)25-19(27-17)22-12(3)23-25/h4-5,7,10-11,16,26H,6,8-9H2,1-3H3/t10-,11-,16+/m1/s1. The van der Waals surface area contributed by atoms with Crippen molar-refractivity contribution in [2.75, 3.05) is 13.1 Å². The molecule has 2 aromatic heterocycles. The Morgan fingerprint density at radius 1 is 1.19 bits per heavy atom. The van der Waals surface area contributed by atoms with Crippen LogP contribution >= 0.6 is 34.5 Å². The van der Waals surface area contributed by atoms with Crippen molar-refractivity contribution in [3.8, 4) is 5.88 Å². The highest BCUT2D eigenvalue weighted by Crippen LogP contribution is 2.43. The van der Waals surface area contributed by atoms with E-state index in [4.69, 9.17) is 23.2 Å². The van der Waals surface area contributed by atoms with Crippen molar-refractivity contribution in [2.45, 2.75) is 33.2 Å². The van der Waals surface area contributed by atoms with E-state index >= 15 is 0 Å².